The van der Waals surface area contributed by atoms with Crippen LogP contribution in [0.1, 0.15) is 11.8 Å². The number of aromatic nitrogens is 6. The van der Waals surface area contributed by atoms with Crippen LogP contribution in [0.5, 0.6) is 0 Å². The van der Waals surface area contributed by atoms with Gasteiger partial charge in [-0.3, -0.25) is 4.57 Å². The second-order valence-corrected chi connectivity index (χ2v) is 8.25. The van der Waals surface area contributed by atoms with E-state index in [1.807, 2.05) is 29.0 Å². The fourth-order valence-electron chi connectivity index (χ4n) is 3.65. The smallest absolute Gasteiger partial charge is 0.168 e. The maximum atomic E-state index is 10.6. The van der Waals surface area contributed by atoms with Crippen molar-refractivity contribution in [2.24, 2.45) is 0 Å². The van der Waals surface area contributed by atoms with Gasteiger partial charge in [0, 0.05) is 24.7 Å². The average molecular weight is 440 g/mol. The van der Waals surface area contributed by atoms with Gasteiger partial charge < -0.3 is 25.3 Å². The lowest BCUT2D eigenvalue weighted by molar-refractivity contribution is -0.0289. The molecule has 0 amide bonds. The van der Waals surface area contributed by atoms with Crippen LogP contribution in [-0.2, 0) is 11.3 Å². The minimum Gasteiger partial charge on any atom is -0.387 e. The summed E-state index contributed by atoms with van der Waals surface area (Å²) >= 11 is 1.47. The molecule has 10 nitrogen and oxygen atoms in total. The summed E-state index contributed by atoms with van der Waals surface area (Å²) in [6.07, 6.45) is 2.85. The van der Waals surface area contributed by atoms with E-state index in [0.717, 1.165) is 5.16 Å². The highest BCUT2D eigenvalue weighted by atomic mass is 32.2. The van der Waals surface area contributed by atoms with E-state index in [-0.39, 0.29) is 5.82 Å². The third-order valence-corrected chi connectivity index (χ3v) is 6.34. The van der Waals surface area contributed by atoms with Gasteiger partial charge in [0.15, 0.2) is 22.8 Å². The van der Waals surface area contributed by atoms with Gasteiger partial charge >= 0.3 is 0 Å². The van der Waals surface area contributed by atoms with Crippen molar-refractivity contribution in [2.45, 2.75) is 36.2 Å². The number of ether oxygens (including phenoxy) is 1. The Morgan fingerprint density at radius 2 is 1.90 bits per heavy atom. The molecule has 0 unspecified atom stereocenters. The molecule has 3 aromatic heterocycles. The van der Waals surface area contributed by atoms with Gasteiger partial charge in [-0.1, -0.05) is 42.1 Å². The quantitative estimate of drug-likeness (QED) is 0.377. The standard InChI is InChI=1S/C20H21N7O3S/c21-17-14-18(24-10-23-17)27(11-25-14)19-16(29)15(28)13(30-19)9-31-20-22-6-7-26(20)8-12-4-2-1-3-5-12/h1-7,10-11,13,15-16,19,28-29H,8-9H2,(H2,21,23,24)/t13-,15-,16-,19-/m1/s1. The molecule has 4 aromatic rings. The summed E-state index contributed by atoms with van der Waals surface area (Å²) in [5.74, 6) is 0.665. The minimum absolute atomic E-state index is 0.245. The largest absolute Gasteiger partial charge is 0.387 e. The van der Waals surface area contributed by atoms with E-state index in [1.165, 1.54) is 30.0 Å². The van der Waals surface area contributed by atoms with Crippen molar-refractivity contribution in [3.8, 4) is 0 Å². The average Bonchev–Trinajstić information content (AvgIpc) is 3.47. The zero-order chi connectivity index (χ0) is 21.4. The number of hydrogen-bond acceptors (Lipinski definition) is 9. The van der Waals surface area contributed by atoms with Crippen LogP contribution in [0.25, 0.3) is 11.2 Å². The molecule has 4 N–H and O–H groups in total. The van der Waals surface area contributed by atoms with Crippen LogP contribution in [0, 0.1) is 0 Å². The minimum atomic E-state index is -1.14. The summed E-state index contributed by atoms with van der Waals surface area (Å²) < 4.78 is 9.61. The molecule has 0 bridgehead atoms. The molecule has 0 spiro atoms. The normalized spacial score (nSPS) is 23.5. The number of thioether (sulfide) groups is 1. The molecule has 1 fully saturated rings. The number of nitrogens with zero attached hydrogens (tertiary/aromatic N) is 6. The molecule has 1 aliphatic heterocycles. The molecular formula is C20H21N7O3S. The van der Waals surface area contributed by atoms with E-state index < -0.39 is 24.5 Å². The van der Waals surface area contributed by atoms with E-state index in [4.69, 9.17) is 10.5 Å². The lowest BCUT2D eigenvalue weighted by atomic mass is 10.1. The van der Waals surface area contributed by atoms with Gasteiger partial charge in [-0.2, -0.15) is 0 Å². The third kappa shape index (κ3) is 3.76. The monoisotopic (exact) mass is 439 g/mol. The van der Waals surface area contributed by atoms with E-state index in [2.05, 4.69) is 32.1 Å². The number of benzene rings is 1. The molecule has 5 rings (SSSR count). The number of fused-ring (bicyclic) bond motifs is 1. The number of nitrogen functional groups attached to an aromatic ring is 1. The molecule has 31 heavy (non-hydrogen) atoms. The zero-order valence-electron chi connectivity index (χ0n) is 16.4. The number of imidazole rings is 2. The van der Waals surface area contributed by atoms with E-state index >= 15 is 0 Å². The Hall–Kier alpha value is -2.99. The van der Waals surface area contributed by atoms with Crippen LogP contribution >= 0.6 is 11.8 Å². The molecule has 1 aliphatic rings. The number of rotatable bonds is 6. The van der Waals surface area contributed by atoms with Gasteiger partial charge in [0.1, 0.15) is 24.1 Å². The molecule has 0 radical (unpaired) electrons. The van der Waals surface area contributed by atoms with Gasteiger partial charge in [0.25, 0.3) is 0 Å². The highest BCUT2D eigenvalue weighted by molar-refractivity contribution is 7.99. The predicted molar refractivity (Wildman–Crippen MR) is 114 cm³/mol. The first-order chi connectivity index (χ1) is 15.1. The molecule has 1 saturated heterocycles. The Morgan fingerprint density at radius 1 is 1.06 bits per heavy atom. The zero-order valence-corrected chi connectivity index (χ0v) is 17.2. The Bertz CT molecular complexity index is 1180. The van der Waals surface area contributed by atoms with Crippen molar-refractivity contribution < 1.29 is 14.9 Å². The Kier molecular flexibility index (Phi) is 5.32. The number of aliphatic hydroxyl groups is 2. The topological polar surface area (TPSA) is 137 Å². The second kappa shape index (κ2) is 8.27. The van der Waals surface area contributed by atoms with Gasteiger partial charge in [0.2, 0.25) is 0 Å². The second-order valence-electron chi connectivity index (χ2n) is 7.26. The molecule has 11 heteroatoms. The van der Waals surface area contributed by atoms with E-state index in [9.17, 15) is 10.2 Å². The first-order valence-corrected chi connectivity index (χ1v) is 10.7. The van der Waals surface area contributed by atoms with Crippen LogP contribution in [0.15, 0.2) is 60.5 Å². The van der Waals surface area contributed by atoms with Crippen LogP contribution in [0.3, 0.4) is 0 Å². The first kappa shape index (κ1) is 19.9. The van der Waals surface area contributed by atoms with Gasteiger partial charge in [-0.05, 0) is 5.56 Å². The van der Waals surface area contributed by atoms with Gasteiger partial charge in [-0.15, -0.1) is 0 Å². The number of nitrogens with two attached hydrogens (primary N) is 1. The van der Waals surface area contributed by atoms with Crippen molar-refractivity contribution in [1.29, 1.82) is 0 Å². The van der Waals surface area contributed by atoms with Crippen molar-refractivity contribution in [1.82, 2.24) is 29.1 Å². The highest BCUT2D eigenvalue weighted by Gasteiger charge is 2.44. The van der Waals surface area contributed by atoms with Crippen LogP contribution < -0.4 is 5.73 Å². The van der Waals surface area contributed by atoms with Crippen LogP contribution in [0.2, 0.25) is 0 Å². The highest BCUT2D eigenvalue weighted by Crippen LogP contribution is 2.34. The number of anilines is 1. The fourth-order valence-corrected chi connectivity index (χ4v) is 4.66. The first-order valence-electron chi connectivity index (χ1n) is 9.74. The van der Waals surface area contributed by atoms with Crippen LogP contribution in [0.4, 0.5) is 5.82 Å². The Balaban J connectivity index is 1.29. The van der Waals surface area contributed by atoms with Gasteiger partial charge in [0.05, 0.1) is 12.4 Å². The summed E-state index contributed by atoms with van der Waals surface area (Å²) in [4.78, 5) is 16.7. The van der Waals surface area contributed by atoms with Crippen molar-refractivity contribution in [3.63, 3.8) is 0 Å². The molecule has 4 atom stereocenters. The Morgan fingerprint density at radius 3 is 2.74 bits per heavy atom. The molecule has 1 aromatic carbocycles. The number of aliphatic hydroxyl groups excluding tert-OH is 2. The fraction of sp³-hybridized carbons (Fsp3) is 0.300. The summed E-state index contributed by atoms with van der Waals surface area (Å²) in [5.41, 5.74) is 7.87. The summed E-state index contributed by atoms with van der Waals surface area (Å²) in [5, 5.41) is 22.0. The van der Waals surface area contributed by atoms with Crippen molar-refractivity contribution in [3.05, 3.63) is 60.9 Å². The predicted octanol–water partition coefficient (Wildman–Crippen LogP) is 1.06. The third-order valence-electron chi connectivity index (χ3n) is 5.25. The van der Waals surface area contributed by atoms with Gasteiger partial charge in [-0.25, -0.2) is 19.9 Å². The van der Waals surface area contributed by atoms with E-state index in [0.29, 0.717) is 23.5 Å². The van der Waals surface area contributed by atoms with Crippen molar-refractivity contribution in [2.75, 3.05) is 11.5 Å². The molecule has 0 aliphatic carbocycles. The summed E-state index contributed by atoms with van der Waals surface area (Å²) in [7, 11) is 0. The van der Waals surface area contributed by atoms with Crippen molar-refractivity contribution >= 4 is 28.7 Å². The lowest BCUT2D eigenvalue weighted by Gasteiger charge is -2.16. The maximum Gasteiger partial charge on any atom is 0.168 e. The molecule has 4 heterocycles. The van der Waals surface area contributed by atoms with E-state index in [1.54, 1.807) is 10.8 Å². The molecule has 160 valence electrons. The SMILES string of the molecule is Nc1ncnc2c1ncn2[C@@H]1O[C@H](CSc2nccn2Cc2ccccc2)[C@@H](O)[C@H]1O. The number of hydrogen-bond donors (Lipinski definition) is 3. The summed E-state index contributed by atoms with van der Waals surface area (Å²) in [6.45, 7) is 0.699. The molecule has 0 saturated carbocycles. The summed E-state index contributed by atoms with van der Waals surface area (Å²) in [6, 6.07) is 10.1. The maximum absolute atomic E-state index is 10.6. The molecular weight excluding hydrogens is 418 g/mol. The van der Waals surface area contributed by atoms with Crippen LogP contribution in [-0.4, -0.2) is 63.3 Å². The lowest BCUT2D eigenvalue weighted by Crippen LogP contribution is -2.32. The Labute approximate surface area is 181 Å².